The van der Waals surface area contributed by atoms with E-state index in [1.54, 1.807) is 44.2 Å². The molecule has 5 nitrogen and oxygen atoms in total. The highest BCUT2D eigenvalue weighted by Crippen LogP contribution is 2.18. The van der Waals surface area contributed by atoms with Gasteiger partial charge in [-0.2, -0.15) is 0 Å². The number of nitrogens with one attached hydrogen (secondary N) is 1. The van der Waals surface area contributed by atoms with Gasteiger partial charge in [-0.25, -0.2) is 4.79 Å². The number of carbonyl (C=O) groups is 2. The summed E-state index contributed by atoms with van der Waals surface area (Å²) < 4.78 is 5.04. The zero-order chi connectivity index (χ0) is 14.4. The molecule has 0 aliphatic heterocycles. The Kier molecular flexibility index (Phi) is 5.51. The van der Waals surface area contributed by atoms with E-state index < -0.39 is 24.0 Å². The van der Waals surface area contributed by atoms with Crippen LogP contribution in [0, 0.1) is 0 Å². The van der Waals surface area contributed by atoms with Crippen LogP contribution in [-0.4, -0.2) is 29.1 Å². The van der Waals surface area contributed by atoms with Crippen molar-refractivity contribution in [2.75, 3.05) is 0 Å². The number of hydrogen-bond acceptors (Lipinski definition) is 4. The second-order valence-corrected chi connectivity index (χ2v) is 4.52. The van der Waals surface area contributed by atoms with Gasteiger partial charge in [0, 0.05) is 6.92 Å². The van der Waals surface area contributed by atoms with E-state index >= 15 is 0 Å². The van der Waals surface area contributed by atoms with E-state index in [9.17, 15) is 14.7 Å². The van der Waals surface area contributed by atoms with Gasteiger partial charge in [0.05, 0.1) is 6.10 Å². The van der Waals surface area contributed by atoms with E-state index in [0.29, 0.717) is 5.56 Å². The lowest BCUT2D eigenvalue weighted by Gasteiger charge is -2.23. The van der Waals surface area contributed by atoms with Crippen LogP contribution in [0.4, 0.5) is 0 Å². The topological polar surface area (TPSA) is 75.6 Å². The first-order valence-electron chi connectivity index (χ1n) is 6.12. The fourth-order valence-electron chi connectivity index (χ4n) is 1.63. The molecule has 104 valence electrons. The molecule has 0 fully saturated rings. The molecule has 0 aliphatic carbocycles. The van der Waals surface area contributed by atoms with E-state index in [4.69, 9.17) is 4.74 Å². The Balaban J connectivity index is 2.90. The minimum Gasteiger partial charge on any atom is -0.461 e. The van der Waals surface area contributed by atoms with Gasteiger partial charge in [0.1, 0.15) is 6.10 Å². The molecule has 0 saturated heterocycles. The van der Waals surface area contributed by atoms with Crippen LogP contribution in [0.25, 0.3) is 0 Å². The Labute approximate surface area is 112 Å². The van der Waals surface area contributed by atoms with Gasteiger partial charge in [-0.3, -0.25) is 4.79 Å². The third kappa shape index (κ3) is 4.71. The molecule has 0 heterocycles. The number of aliphatic hydroxyl groups is 1. The maximum absolute atomic E-state index is 11.9. The summed E-state index contributed by atoms with van der Waals surface area (Å²) in [4.78, 5) is 23.1. The van der Waals surface area contributed by atoms with Gasteiger partial charge in [-0.15, -0.1) is 0 Å². The number of hydrogen-bond donors (Lipinski definition) is 2. The first-order valence-corrected chi connectivity index (χ1v) is 6.12. The second kappa shape index (κ2) is 6.89. The van der Waals surface area contributed by atoms with Gasteiger partial charge < -0.3 is 15.2 Å². The van der Waals surface area contributed by atoms with Crippen molar-refractivity contribution in [3.05, 3.63) is 35.9 Å². The molecule has 1 rings (SSSR count). The zero-order valence-electron chi connectivity index (χ0n) is 11.3. The first kappa shape index (κ1) is 15.2. The van der Waals surface area contributed by atoms with Gasteiger partial charge in [0.25, 0.3) is 0 Å². The lowest BCUT2D eigenvalue weighted by Crippen LogP contribution is -2.45. The Bertz CT molecular complexity index is 430. The first-order chi connectivity index (χ1) is 8.91. The van der Waals surface area contributed by atoms with Crippen molar-refractivity contribution in [1.29, 1.82) is 0 Å². The number of aliphatic hydroxyl groups excluding tert-OH is 1. The summed E-state index contributed by atoms with van der Waals surface area (Å²) in [5.41, 5.74) is 0.543. The van der Waals surface area contributed by atoms with Gasteiger partial charge in [-0.05, 0) is 19.4 Å². The summed E-state index contributed by atoms with van der Waals surface area (Å²) >= 11 is 0. The lowest BCUT2D eigenvalue weighted by molar-refractivity contribution is -0.154. The summed E-state index contributed by atoms with van der Waals surface area (Å²) in [6.07, 6.45) is -1.46. The molecule has 0 aliphatic rings. The van der Waals surface area contributed by atoms with E-state index in [0.717, 1.165) is 0 Å². The molecule has 0 radical (unpaired) electrons. The monoisotopic (exact) mass is 265 g/mol. The molecule has 0 spiro atoms. The Hall–Kier alpha value is -1.88. The third-order valence-electron chi connectivity index (χ3n) is 2.42. The molecule has 2 atom stereocenters. The Morgan fingerprint density at radius 1 is 1.21 bits per heavy atom. The van der Waals surface area contributed by atoms with E-state index in [2.05, 4.69) is 5.32 Å². The standard InChI is InChI=1S/C14H19NO4/c1-9(2)19-14(18)12(15-10(3)16)13(17)11-7-5-4-6-8-11/h4-9,12-13,17H,1-3H3,(H,15,16)/t12-,13+/m1/s1. The molecule has 19 heavy (non-hydrogen) atoms. The van der Waals surface area contributed by atoms with Gasteiger partial charge in [0.15, 0.2) is 6.04 Å². The number of ether oxygens (including phenoxy) is 1. The smallest absolute Gasteiger partial charge is 0.331 e. The molecule has 0 aromatic heterocycles. The van der Waals surface area contributed by atoms with Crippen LogP contribution in [0.15, 0.2) is 30.3 Å². The molecule has 0 saturated carbocycles. The Morgan fingerprint density at radius 3 is 2.26 bits per heavy atom. The van der Waals surface area contributed by atoms with Crippen molar-refractivity contribution < 1.29 is 19.4 Å². The minimum absolute atomic E-state index is 0.313. The van der Waals surface area contributed by atoms with Crippen LogP contribution < -0.4 is 5.32 Å². The maximum Gasteiger partial charge on any atom is 0.331 e. The van der Waals surface area contributed by atoms with Crippen molar-refractivity contribution in [3.63, 3.8) is 0 Å². The summed E-state index contributed by atoms with van der Waals surface area (Å²) in [7, 11) is 0. The summed E-state index contributed by atoms with van der Waals surface area (Å²) in [6, 6.07) is 7.55. The van der Waals surface area contributed by atoms with Crippen LogP contribution in [0.3, 0.4) is 0 Å². The van der Waals surface area contributed by atoms with Gasteiger partial charge >= 0.3 is 5.97 Å². The fraction of sp³-hybridized carbons (Fsp3) is 0.429. The van der Waals surface area contributed by atoms with Crippen LogP contribution in [0.1, 0.15) is 32.4 Å². The van der Waals surface area contributed by atoms with Crippen molar-refractivity contribution in [2.45, 2.75) is 39.0 Å². The highest BCUT2D eigenvalue weighted by molar-refractivity contribution is 5.84. The lowest BCUT2D eigenvalue weighted by atomic mass is 10.0. The van der Waals surface area contributed by atoms with Crippen LogP contribution in [0.5, 0.6) is 0 Å². The number of rotatable bonds is 5. The Morgan fingerprint density at radius 2 is 1.79 bits per heavy atom. The molecule has 1 aromatic rings. The van der Waals surface area contributed by atoms with Crippen LogP contribution >= 0.6 is 0 Å². The molecular weight excluding hydrogens is 246 g/mol. The normalized spacial score (nSPS) is 13.7. The summed E-state index contributed by atoms with van der Waals surface area (Å²) in [6.45, 7) is 4.70. The summed E-state index contributed by atoms with van der Waals surface area (Å²) in [5.74, 6) is -1.05. The SMILES string of the molecule is CC(=O)N[C@@H](C(=O)OC(C)C)[C@@H](O)c1ccccc1. The molecule has 0 unspecified atom stereocenters. The van der Waals surface area contributed by atoms with Gasteiger partial charge in [0.2, 0.25) is 5.91 Å². The molecule has 1 aromatic carbocycles. The van der Waals surface area contributed by atoms with Crippen molar-refractivity contribution in [3.8, 4) is 0 Å². The predicted octanol–water partition coefficient (Wildman–Crippen LogP) is 1.18. The number of benzene rings is 1. The number of carbonyl (C=O) groups excluding carboxylic acids is 2. The van der Waals surface area contributed by atoms with E-state index in [-0.39, 0.29) is 6.10 Å². The number of esters is 1. The molecule has 0 bridgehead atoms. The average Bonchev–Trinajstić information content (AvgIpc) is 2.35. The largest absolute Gasteiger partial charge is 0.461 e. The van der Waals surface area contributed by atoms with E-state index in [1.165, 1.54) is 6.92 Å². The average molecular weight is 265 g/mol. The highest BCUT2D eigenvalue weighted by Gasteiger charge is 2.30. The quantitative estimate of drug-likeness (QED) is 0.784. The molecule has 5 heteroatoms. The zero-order valence-corrected chi connectivity index (χ0v) is 11.3. The number of amides is 1. The highest BCUT2D eigenvalue weighted by atomic mass is 16.5. The molecular formula is C14H19NO4. The molecule has 1 amide bonds. The fourth-order valence-corrected chi connectivity index (χ4v) is 1.63. The second-order valence-electron chi connectivity index (χ2n) is 4.52. The minimum atomic E-state index is -1.14. The summed E-state index contributed by atoms with van der Waals surface area (Å²) in [5, 5.41) is 12.6. The van der Waals surface area contributed by atoms with Gasteiger partial charge in [-0.1, -0.05) is 30.3 Å². The van der Waals surface area contributed by atoms with Crippen molar-refractivity contribution in [2.24, 2.45) is 0 Å². The van der Waals surface area contributed by atoms with E-state index in [1.807, 2.05) is 0 Å². The maximum atomic E-state index is 11.9. The van der Waals surface area contributed by atoms with Crippen LogP contribution in [0.2, 0.25) is 0 Å². The predicted molar refractivity (Wildman–Crippen MR) is 70.2 cm³/mol. The molecule has 2 N–H and O–H groups in total. The van der Waals surface area contributed by atoms with Crippen LogP contribution in [-0.2, 0) is 14.3 Å². The van der Waals surface area contributed by atoms with Crippen molar-refractivity contribution in [1.82, 2.24) is 5.32 Å². The third-order valence-corrected chi connectivity index (χ3v) is 2.42. The van der Waals surface area contributed by atoms with Crippen molar-refractivity contribution >= 4 is 11.9 Å².